The van der Waals surface area contributed by atoms with Gasteiger partial charge in [0.25, 0.3) is 0 Å². The fourth-order valence-corrected chi connectivity index (χ4v) is 3.19. The van der Waals surface area contributed by atoms with E-state index in [1.807, 2.05) is 0 Å². The number of aromatic nitrogens is 1. The molecule has 1 aromatic rings. The predicted molar refractivity (Wildman–Crippen MR) is 81.9 cm³/mol. The molecule has 0 radical (unpaired) electrons. The zero-order valence-corrected chi connectivity index (χ0v) is 13.6. The molecular weight excluding hydrogens is 250 g/mol. The van der Waals surface area contributed by atoms with Crippen LogP contribution in [0.15, 0.2) is 6.07 Å². The van der Waals surface area contributed by atoms with E-state index in [1.54, 1.807) is 0 Å². The van der Waals surface area contributed by atoms with E-state index in [9.17, 15) is 5.11 Å². The Hall–Kier alpha value is -0.800. The third kappa shape index (κ3) is 3.44. The summed E-state index contributed by atoms with van der Waals surface area (Å²) in [5, 5.41) is 10.3. The van der Waals surface area contributed by atoms with Gasteiger partial charge in [-0.15, -0.1) is 0 Å². The van der Waals surface area contributed by atoms with E-state index in [4.69, 9.17) is 4.74 Å². The van der Waals surface area contributed by atoms with Gasteiger partial charge in [-0.25, -0.2) is 0 Å². The van der Waals surface area contributed by atoms with Gasteiger partial charge in [0.2, 0.25) is 0 Å². The first kappa shape index (κ1) is 15.6. The first-order chi connectivity index (χ1) is 9.30. The number of aliphatic hydroxyl groups excluding tert-OH is 1. The highest BCUT2D eigenvalue weighted by atomic mass is 16.5. The summed E-state index contributed by atoms with van der Waals surface area (Å²) in [6.45, 7) is 13.4. The summed E-state index contributed by atoms with van der Waals surface area (Å²) < 4.78 is 8.04. The Balaban J connectivity index is 2.10. The van der Waals surface area contributed by atoms with Crippen molar-refractivity contribution >= 4 is 0 Å². The third-order valence-electron chi connectivity index (χ3n) is 4.11. The molecule has 2 rings (SSSR count). The molecule has 1 atom stereocenters. The second-order valence-corrected chi connectivity index (χ2v) is 7.37. The summed E-state index contributed by atoms with van der Waals surface area (Å²) in [7, 11) is 0. The maximum Gasteiger partial charge on any atom is 0.0812 e. The topological polar surface area (TPSA) is 34.4 Å². The van der Waals surface area contributed by atoms with Crippen LogP contribution in [0.25, 0.3) is 0 Å². The molecule has 3 nitrogen and oxygen atoms in total. The average molecular weight is 279 g/mol. The number of hydrogen-bond donors (Lipinski definition) is 1. The number of rotatable bonds is 5. The fourth-order valence-electron chi connectivity index (χ4n) is 3.19. The van der Waals surface area contributed by atoms with Crippen LogP contribution < -0.4 is 0 Å². The normalized spacial score (nSPS) is 21.2. The van der Waals surface area contributed by atoms with Crippen LogP contribution in [0, 0.1) is 18.3 Å². The molecule has 1 heterocycles. The lowest BCUT2D eigenvalue weighted by atomic mass is 9.75. The van der Waals surface area contributed by atoms with Gasteiger partial charge in [-0.2, -0.15) is 0 Å². The van der Waals surface area contributed by atoms with Gasteiger partial charge in [0, 0.05) is 30.1 Å². The molecule has 20 heavy (non-hydrogen) atoms. The van der Waals surface area contributed by atoms with Crippen molar-refractivity contribution < 1.29 is 9.84 Å². The summed E-state index contributed by atoms with van der Waals surface area (Å²) in [5.74, 6) is 0.579. The standard InChI is InChI=1S/C17H29NO2/c1-12(2)11-20-7-6-18-13(3)8-14-15(18)9-17(4,5)10-16(14)19/h8,12,16,19H,6-7,9-11H2,1-5H3. The van der Waals surface area contributed by atoms with Crippen molar-refractivity contribution in [3.05, 3.63) is 23.0 Å². The monoisotopic (exact) mass is 279 g/mol. The molecule has 3 heteroatoms. The highest BCUT2D eigenvalue weighted by Crippen LogP contribution is 2.41. The number of fused-ring (bicyclic) bond motifs is 1. The largest absolute Gasteiger partial charge is 0.388 e. The highest BCUT2D eigenvalue weighted by Gasteiger charge is 2.33. The summed E-state index contributed by atoms with van der Waals surface area (Å²) in [6, 6.07) is 2.15. The van der Waals surface area contributed by atoms with Crippen LogP contribution >= 0.6 is 0 Å². The molecule has 114 valence electrons. The van der Waals surface area contributed by atoms with Gasteiger partial charge < -0.3 is 14.4 Å². The summed E-state index contributed by atoms with van der Waals surface area (Å²) in [5.41, 5.74) is 3.85. The summed E-state index contributed by atoms with van der Waals surface area (Å²) >= 11 is 0. The van der Waals surface area contributed by atoms with Crippen molar-refractivity contribution in [2.45, 2.75) is 60.1 Å². The van der Waals surface area contributed by atoms with Gasteiger partial charge in [-0.3, -0.25) is 0 Å². The molecule has 0 saturated carbocycles. The van der Waals surface area contributed by atoms with Crippen LogP contribution in [0.4, 0.5) is 0 Å². The quantitative estimate of drug-likeness (QED) is 0.837. The van der Waals surface area contributed by atoms with E-state index in [1.165, 1.54) is 11.4 Å². The Morgan fingerprint density at radius 1 is 1.45 bits per heavy atom. The van der Waals surface area contributed by atoms with Crippen LogP contribution in [0.3, 0.4) is 0 Å². The maximum atomic E-state index is 10.3. The van der Waals surface area contributed by atoms with Gasteiger partial charge in [0.15, 0.2) is 0 Å². The minimum absolute atomic E-state index is 0.174. The second kappa shape index (κ2) is 5.90. The molecule has 0 saturated heterocycles. The Morgan fingerprint density at radius 2 is 2.15 bits per heavy atom. The maximum absolute atomic E-state index is 10.3. The Morgan fingerprint density at radius 3 is 2.80 bits per heavy atom. The molecule has 0 aromatic carbocycles. The smallest absolute Gasteiger partial charge is 0.0812 e. The van der Waals surface area contributed by atoms with Gasteiger partial charge in [0.05, 0.1) is 12.7 Å². The lowest BCUT2D eigenvalue weighted by Crippen LogP contribution is -2.27. The molecule has 1 unspecified atom stereocenters. The first-order valence-electron chi connectivity index (χ1n) is 7.75. The molecule has 0 aliphatic heterocycles. The van der Waals surface area contributed by atoms with E-state index in [0.717, 1.165) is 38.2 Å². The van der Waals surface area contributed by atoms with Crippen LogP contribution in [-0.2, 0) is 17.7 Å². The zero-order chi connectivity index (χ0) is 14.9. The molecule has 0 fully saturated rings. The van der Waals surface area contributed by atoms with E-state index >= 15 is 0 Å². The van der Waals surface area contributed by atoms with Crippen LogP contribution in [-0.4, -0.2) is 22.9 Å². The molecule has 0 spiro atoms. The molecule has 0 bridgehead atoms. The average Bonchev–Trinajstić information content (AvgIpc) is 2.60. The molecule has 1 aliphatic carbocycles. The molecule has 1 aliphatic rings. The van der Waals surface area contributed by atoms with Crippen molar-refractivity contribution in [2.75, 3.05) is 13.2 Å². The summed E-state index contributed by atoms with van der Waals surface area (Å²) in [4.78, 5) is 0. The van der Waals surface area contributed by atoms with Crippen molar-refractivity contribution in [1.82, 2.24) is 4.57 Å². The summed E-state index contributed by atoms with van der Waals surface area (Å²) in [6.07, 6.45) is 1.58. The van der Waals surface area contributed by atoms with Crippen LogP contribution in [0.2, 0.25) is 0 Å². The minimum atomic E-state index is -0.315. The van der Waals surface area contributed by atoms with Crippen molar-refractivity contribution in [3.8, 4) is 0 Å². The van der Waals surface area contributed by atoms with Gasteiger partial charge in [-0.05, 0) is 37.2 Å². The fraction of sp³-hybridized carbons (Fsp3) is 0.765. The van der Waals surface area contributed by atoms with E-state index in [-0.39, 0.29) is 11.5 Å². The first-order valence-corrected chi connectivity index (χ1v) is 7.75. The Kier molecular flexibility index (Phi) is 4.60. The lowest BCUT2D eigenvalue weighted by Gasteiger charge is -2.34. The number of ether oxygens (including phenoxy) is 1. The molecule has 1 N–H and O–H groups in total. The van der Waals surface area contributed by atoms with Crippen molar-refractivity contribution in [1.29, 1.82) is 0 Å². The Bertz CT molecular complexity index is 460. The van der Waals surface area contributed by atoms with E-state index < -0.39 is 0 Å². The predicted octanol–water partition coefficient (Wildman–Crippen LogP) is 3.47. The number of aryl methyl sites for hydroxylation is 1. The van der Waals surface area contributed by atoms with Crippen molar-refractivity contribution in [3.63, 3.8) is 0 Å². The minimum Gasteiger partial charge on any atom is -0.388 e. The van der Waals surface area contributed by atoms with Gasteiger partial charge in [0.1, 0.15) is 0 Å². The van der Waals surface area contributed by atoms with Crippen LogP contribution in [0.5, 0.6) is 0 Å². The van der Waals surface area contributed by atoms with Crippen LogP contribution in [0.1, 0.15) is 57.2 Å². The van der Waals surface area contributed by atoms with Gasteiger partial charge >= 0.3 is 0 Å². The SMILES string of the molecule is Cc1cc2c(n1CCOCC(C)C)CC(C)(C)CC2O. The number of nitrogens with zero attached hydrogens (tertiary/aromatic N) is 1. The van der Waals surface area contributed by atoms with E-state index in [2.05, 4.69) is 45.3 Å². The Labute approximate surface area is 122 Å². The number of aliphatic hydroxyl groups is 1. The van der Waals surface area contributed by atoms with Crippen molar-refractivity contribution in [2.24, 2.45) is 11.3 Å². The molecule has 1 aromatic heterocycles. The molecular formula is C17H29NO2. The lowest BCUT2D eigenvalue weighted by molar-refractivity contribution is 0.0914. The highest BCUT2D eigenvalue weighted by molar-refractivity contribution is 5.33. The number of hydrogen-bond acceptors (Lipinski definition) is 2. The van der Waals surface area contributed by atoms with E-state index in [0.29, 0.717) is 5.92 Å². The zero-order valence-electron chi connectivity index (χ0n) is 13.6. The second-order valence-electron chi connectivity index (χ2n) is 7.37. The van der Waals surface area contributed by atoms with Gasteiger partial charge in [-0.1, -0.05) is 27.7 Å². The molecule has 0 amide bonds. The third-order valence-corrected chi connectivity index (χ3v) is 4.11.